The van der Waals surface area contributed by atoms with Gasteiger partial charge < -0.3 is 10.2 Å². The van der Waals surface area contributed by atoms with E-state index in [1.54, 1.807) is 0 Å². The number of anilines is 1. The van der Waals surface area contributed by atoms with Crippen molar-refractivity contribution in [3.05, 3.63) is 23.2 Å². The summed E-state index contributed by atoms with van der Waals surface area (Å²) < 4.78 is 0. The van der Waals surface area contributed by atoms with Crippen LogP contribution in [-0.4, -0.2) is 41.3 Å². The molecule has 0 aliphatic rings. The number of aromatic amines is 1. The third kappa shape index (κ3) is 4.01. The molecule has 0 atom stereocenters. The van der Waals surface area contributed by atoms with Gasteiger partial charge in [-0.05, 0) is 38.2 Å². The zero-order chi connectivity index (χ0) is 13.7. The molecular formula is C14H22Cl2N4. The molecule has 0 radical (unpaired) electrons. The number of halogens is 2. The monoisotopic (exact) mass is 316 g/mol. The van der Waals surface area contributed by atoms with E-state index < -0.39 is 0 Å². The maximum Gasteiger partial charge on any atom is 0.157 e. The molecule has 0 fully saturated rings. The van der Waals surface area contributed by atoms with Crippen LogP contribution in [0.4, 0.5) is 5.82 Å². The molecule has 2 N–H and O–H groups in total. The van der Waals surface area contributed by atoms with Crippen molar-refractivity contribution >= 4 is 40.7 Å². The fourth-order valence-corrected chi connectivity index (χ4v) is 2.47. The molecule has 2 aromatic rings. The highest BCUT2D eigenvalue weighted by atomic mass is 35.5. The topological polar surface area (TPSA) is 44.0 Å². The smallest absolute Gasteiger partial charge is 0.157 e. The van der Waals surface area contributed by atoms with E-state index in [1.165, 1.54) is 0 Å². The lowest BCUT2D eigenvalue weighted by Gasteiger charge is -2.17. The minimum absolute atomic E-state index is 0. The molecule has 0 aliphatic carbocycles. The molecule has 0 saturated carbocycles. The first-order valence-corrected chi connectivity index (χ1v) is 7.22. The fourth-order valence-electron chi connectivity index (χ4n) is 2.21. The van der Waals surface area contributed by atoms with Gasteiger partial charge in [-0.25, -0.2) is 0 Å². The minimum Gasteiger partial charge on any atom is -0.368 e. The number of hydrogen-bond acceptors (Lipinski definition) is 3. The maximum atomic E-state index is 6.20. The van der Waals surface area contributed by atoms with E-state index in [9.17, 15) is 0 Å². The summed E-state index contributed by atoms with van der Waals surface area (Å²) in [6, 6.07) is 5.79. The van der Waals surface area contributed by atoms with Crippen LogP contribution in [0.2, 0.25) is 5.02 Å². The number of aromatic nitrogens is 2. The standard InChI is InChI=1S/C14H21ClN4.ClH/c1-3-19(4-2)10-6-9-16-14-13-11(15)7-5-8-12(13)17-18-14;/h5,7-8H,3-4,6,9-10H2,1-2H3,(H2,16,17,18);1H. The molecule has 0 unspecified atom stereocenters. The van der Waals surface area contributed by atoms with Gasteiger partial charge in [0.05, 0.1) is 15.9 Å². The minimum atomic E-state index is 0. The van der Waals surface area contributed by atoms with Crippen molar-refractivity contribution in [1.29, 1.82) is 0 Å². The van der Waals surface area contributed by atoms with Crippen LogP contribution in [0.25, 0.3) is 10.9 Å². The largest absolute Gasteiger partial charge is 0.368 e. The zero-order valence-corrected chi connectivity index (χ0v) is 13.5. The normalized spacial score (nSPS) is 10.8. The van der Waals surface area contributed by atoms with Crippen molar-refractivity contribution in [2.24, 2.45) is 0 Å². The van der Waals surface area contributed by atoms with Gasteiger partial charge in [-0.2, -0.15) is 5.10 Å². The van der Waals surface area contributed by atoms with E-state index in [0.29, 0.717) is 0 Å². The fraction of sp³-hybridized carbons (Fsp3) is 0.500. The van der Waals surface area contributed by atoms with Crippen LogP contribution in [0.3, 0.4) is 0 Å². The molecule has 1 aromatic carbocycles. The molecule has 1 heterocycles. The Balaban J connectivity index is 0.00000200. The zero-order valence-electron chi connectivity index (χ0n) is 11.9. The van der Waals surface area contributed by atoms with Gasteiger partial charge in [-0.3, -0.25) is 5.10 Å². The molecule has 4 nitrogen and oxygen atoms in total. The van der Waals surface area contributed by atoms with Crippen molar-refractivity contribution in [3.8, 4) is 0 Å². The molecule has 0 amide bonds. The summed E-state index contributed by atoms with van der Waals surface area (Å²) in [6.45, 7) is 8.61. The van der Waals surface area contributed by atoms with Crippen LogP contribution in [0, 0.1) is 0 Å². The predicted octanol–water partition coefficient (Wildman–Crippen LogP) is 3.78. The Morgan fingerprint density at radius 1 is 1.30 bits per heavy atom. The van der Waals surface area contributed by atoms with Crippen molar-refractivity contribution < 1.29 is 0 Å². The van der Waals surface area contributed by atoms with Crippen LogP contribution in [-0.2, 0) is 0 Å². The number of hydrogen-bond donors (Lipinski definition) is 2. The van der Waals surface area contributed by atoms with Gasteiger partial charge in [0.2, 0.25) is 0 Å². The second-order valence-electron chi connectivity index (χ2n) is 4.54. The van der Waals surface area contributed by atoms with E-state index in [-0.39, 0.29) is 12.4 Å². The highest BCUT2D eigenvalue weighted by molar-refractivity contribution is 6.36. The van der Waals surface area contributed by atoms with E-state index in [2.05, 4.69) is 34.3 Å². The highest BCUT2D eigenvalue weighted by Gasteiger charge is 2.08. The summed E-state index contributed by atoms with van der Waals surface area (Å²) in [7, 11) is 0. The highest BCUT2D eigenvalue weighted by Crippen LogP contribution is 2.27. The van der Waals surface area contributed by atoms with Gasteiger partial charge in [0.1, 0.15) is 0 Å². The average molecular weight is 317 g/mol. The summed E-state index contributed by atoms with van der Waals surface area (Å²) >= 11 is 6.20. The first kappa shape index (κ1) is 17.1. The predicted molar refractivity (Wildman–Crippen MR) is 89.2 cm³/mol. The van der Waals surface area contributed by atoms with E-state index in [0.717, 1.165) is 54.3 Å². The molecule has 2 rings (SSSR count). The van der Waals surface area contributed by atoms with E-state index in [1.807, 2.05) is 18.2 Å². The molecule has 1 aromatic heterocycles. The Labute approximate surface area is 131 Å². The summed E-state index contributed by atoms with van der Waals surface area (Å²) in [4.78, 5) is 2.41. The van der Waals surface area contributed by atoms with Crippen LogP contribution in [0.1, 0.15) is 20.3 Å². The average Bonchev–Trinajstić information content (AvgIpc) is 2.84. The molecule has 112 valence electrons. The number of nitrogens with zero attached hydrogens (tertiary/aromatic N) is 2. The number of fused-ring (bicyclic) bond motifs is 1. The van der Waals surface area contributed by atoms with Crippen molar-refractivity contribution in [1.82, 2.24) is 15.1 Å². The number of benzene rings is 1. The van der Waals surface area contributed by atoms with Gasteiger partial charge in [0.15, 0.2) is 5.82 Å². The lowest BCUT2D eigenvalue weighted by Crippen LogP contribution is -2.25. The Hall–Kier alpha value is -0.970. The van der Waals surface area contributed by atoms with E-state index in [4.69, 9.17) is 11.6 Å². The van der Waals surface area contributed by atoms with Crippen LogP contribution >= 0.6 is 24.0 Å². The van der Waals surface area contributed by atoms with Gasteiger partial charge >= 0.3 is 0 Å². The molecule has 0 saturated heterocycles. The third-order valence-electron chi connectivity index (χ3n) is 3.38. The van der Waals surface area contributed by atoms with Gasteiger partial charge in [-0.1, -0.05) is 31.5 Å². The first-order chi connectivity index (χ1) is 9.26. The Kier molecular flexibility index (Phi) is 7.13. The molecule has 0 bridgehead atoms. The lowest BCUT2D eigenvalue weighted by molar-refractivity contribution is 0.303. The van der Waals surface area contributed by atoms with Crippen LogP contribution in [0.5, 0.6) is 0 Å². The number of nitrogens with one attached hydrogen (secondary N) is 2. The van der Waals surface area contributed by atoms with E-state index >= 15 is 0 Å². The van der Waals surface area contributed by atoms with Gasteiger partial charge in [-0.15, -0.1) is 12.4 Å². The Morgan fingerprint density at radius 3 is 2.75 bits per heavy atom. The second kappa shape index (κ2) is 8.35. The quantitative estimate of drug-likeness (QED) is 0.764. The number of H-pyrrole nitrogens is 1. The molecule has 6 heteroatoms. The summed E-state index contributed by atoms with van der Waals surface area (Å²) in [6.07, 6.45) is 1.10. The van der Waals surface area contributed by atoms with Gasteiger partial charge in [0, 0.05) is 6.54 Å². The third-order valence-corrected chi connectivity index (χ3v) is 3.69. The maximum absolute atomic E-state index is 6.20. The van der Waals surface area contributed by atoms with Crippen molar-refractivity contribution in [2.75, 3.05) is 31.5 Å². The van der Waals surface area contributed by atoms with Crippen molar-refractivity contribution in [2.45, 2.75) is 20.3 Å². The first-order valence-electron chi connectivity index (χ1n) is 6.85. The van der Waals surface area contributed by atoms with Crippen LogP contribution in [0.15, 0.2) is 18.2 Å². The molecule has 0 aliphatic heterocycles. The molecule has 20 heavy (non-hydrogen) atoms. The summed E-state index contributed by atoms with van der Waals surface area (Å²) in [5.41, 5.74) is 0.971. The summed E-state index contributed by atoms with van der Waals surface area (Å²) in [5.74, 6) is 0.847. The lowest BCUT2D eigenvalue weighted by atomic mass is 10.2. The molecule has 0 spiro atoms. The molecular weight excluding hydrogens is 295 g/mol. The SMILES string of the molecule is CCN(CC)CCCNc1n[nH]c2cccc(Cl)c12.Cl. The van der Waals surface area contributed by atoms with Gasteiger partial charge in [0.25, 0.3) is 0 Å². The Bertz CT molecular complexity index is 523. The summed E-state index contributed by atoms with van der Waals surface area (Å²) in [5, 5.41) is 12.3. The van der Waals surface area contributed by atoms with Crippen LogP contribution < -0.4 is 5.32 Å². The second-order valence-corrected chi connectivity index (χ2v) is 4.95. The Morgan fingerprint density at radius 2 is 2.05 bits per heavy atom. The number of rotatable bonds is 7. The van der Waals surface area contributed by atoms with Crippen molar-refractivity contribution in [3.63, 3.8) is 0 Å².